The van der Waals surface area contributed by atoms with Crippen LogP contribution in [0.15, 0.2) is 0 Å². The predicted molar refractivity (Wildman–Crippen MR) is 74.7 cm³/mol. The second-order valence-corrected chi connectivity index (χ2v) is 8.45. The topological polar surface area (TPSA) is 66.5 Å². The van der Waals surface area contributed by atoms with Crippen LogP contribution in [0.25, 0.3) is 0 Å². The molecule has 0 unspecified atom stereocenters. The van der Waals surface area contributed by atoms with Crippen LogP contribution in [0.2, 0.25) is 0 Å². The zero-order valence-corrected chi connectivity index (χ0v) is 12.6. The molecular weight excluding hydrogens is 264 g/mol. The van der Waals surface area contributed by atoms with Gasteiger partial charge in [-0.2, -0.15) is 0 Å². The normalized spacial score (nSPS) is 35.2. The van der Waals surface area contributed by atoms with Crippen molar-refractivity contribution in [1.29, 1.82) is 0 Å². The third-order valence-corrected chi connectivity index (χ3v) is 6.13. The highest BCUT2D eigenvalue weighted by Gasteiger charge is 2.39. The Morgan fingerprint density at radius 2 is 2.16 bits per heavy atom. The Bertz CT molecular complexity index is 449. The van der Waals surface area contributed by atoms with Gasteiger partial charge in [0.25, 0.3) is 0 Å². The van der Waals surface area contributed by atoms with Crippen LogP contribution in [0.4, 0.5) is 0 Å². The van der Waals surface area contributed by atoms with Gasteiger partial charge < -0.3 is 5.32 Å². The third-order valence-electron chi connectivity index (χ3n) is 4.23. The smallest absolute Gasteiger partial charge is 0.234 e. The third kappa shape index (κ3) is 3.92. The fourth-order valence-corrected chi connectivity index (χ4v) is 5.16. The van der Waals surface area contributed by atoms with Crippen LogP contribution in [0.5, 0.6) is 0 Å². The van der Waals surface area contributed by atoms with E-state index in [2.05, 4.69) is 17.1 Å². The van der Waals surface area contributed by atoms with Crippen LogP contribution in [0.1, 0.15) is 39.5 Å². The summed E-state index contributed by atoms with van der Waals surface area (Å²) in [6.45, 7) is 5.32. The summed E-state index contributed by atoms with van der Waals surface area (Å²) in [6, 6.07) is 0.444. The van der Waals surface area contributed by atoms with E-state index in [1.165, 1.54) is 6.42 Å². The van der Waals surface area contributed by atoms with Gasteiger partial charge in [0, 0.05) is 6.04 Å². The van der Waals surface area contributed by atoms with Crippen molar-refractivity contribution in [2.24, 2.45) is 0 Å². The zero-order valence-electron chi connectivity index (χ0n) is 11.8. The van der Waals surface area contributed by atoms with Crippen LogP contribution < -0.4 is 5.32 Å². The summed E-state index contributed by atoms with van der Waals surface area (Å²) in [5, 5.41) is 2.92. The number of hydrogen-bond donors (Lipinski definition) is 1. The maximum absolute atomic E-state index is 12.1. The predicted octanol–water partition coefficient (Wildman–Crippen LogP) is 0.554. The molecule has 0 aromatic carbocycles. The number of nitrogens with one attached hydrogen (secondary N) is 1. The van der Waals surface area contributed by atoms with E-state index in [1.54, 1.807) is 0 Å². The minimum absolute atomic E-state index is 0.0478. The van der Waals surface area contributed by atoms with E-state index in [-0.39, 0.29) is 17.4 Å². The lowest BCUT2D eigenvalue weighted by Crippen LogP contribution is -2.52. The van der Waals surface area contributed by atoms with Crippen molar-refractivity contribution in [1.82, 2.24) is 10.2 Å². The van der Waals surface area contributed by atoms with Gasteiger partial charge in [-0.25, -0.2) is 8.42 Å². The van der Waals surface area contributed by atoms with Gasteiger partial charge in [0.15, 0.2) is 9.84 Å². The molecule has 2 atom stereocenters. The van der Waals surface area contributed by atoms with Crippen LogP contribution in [0.3, 0.4) is 0 Å². The minimum atomic E-state index is -2.97. The van der Waals surface area contributed by atoms with Crippen molar-refractivity contribution in [3.05, 3.63) is 0 Å². The number of hydrogen-bond acceptors (Lipinski definition) is 4. The van der Waals surface area contributed by atoms with Crippen molar-refractivity contribution in [3.63, 3.8) is 0 Å². The molecule has 1 N–H and O–H groups in total. The monoisotopic (exact) mass is 288 g/mol. The number of piperidine rings is 1. The summed E-state index contributed by atoms with van der Waals surface area (Å²) < 4.78 is 23.0. The van der Waals surface area contributed by atoms with E-state index in [9.17, 15) is 13.2 Å². The van der Waals surface area contributed by atoms with Gasteiger partial charge >= 0.3 is 0 Å². The molecule has 2 rings (SSSR count). The summed E-state index contributed by atoms with van der Waals surface area (Å²) >= 11 is 0. The Labute approximate surface area is 115 Å². The number of likely N-dealkylation sites (tertiary alicyclic amines) is 1. The Morgan fingerprint density at radius 1 is 1.42 bits per heavy atom. The van der Waals surface area contributed by atoms with E-state index in [0.717, 1.165) is 19.4 Å². The van der Waals surface area contributed by atoms with Crippen LogP contribution in [-0.2, 0) is 14.6 Å². The van der Waals surface area contributed by atoms with E-state index in [0.29, 0.717) is 19.0 Å². The molecule has 2 fully saturated rings. The maximum Gasteiger partial charge on any atom is 0.234 e. The summed E-state index contributed by atoms with van der Waals surface area (Å²) in [5.41, 5.74) is -0.574. The molecule has 5 nitrogen and oxygen atoms in total. The summed E-state index contributed by atoms with van der Waals surface area (Å²) in [5.74, 6) is 0.207. The summed E-state index contributed by atoms with van der Waals surface area (Å²) in [7, 11) is -2.97. The van der Waals surface area contributed by atoms with E-state index < -0.39 is 15.4 Å². The number of nitrogens with zero attached hydrogens (tertiary/aromatic N) is 1. The van der Waals surface area contributed by atoms with Gasteiger partial charge in [0.05, 0.1) is 23.6 Å². The first-order chi connectivity index (χ1) is 8.80. The molecule has 19 heavy (non-hydrogen) atoms. The molecule has 6 heteroatoms. The molecule has 110 valence electrons. The maximum atomic E-state index is 12.1. The molecule has 0 radical (unpaired) electrons. The Kier molecular flexibility index (Phi) is 4.20. The molecule has 0 spiro atoms. The molecule has 1 amide bonds. The number of amides is 1. The van der Waals surface area contributed by atoms with E-state index >= 15 is 0 Å². The molecule has 2 heterocycles. The zero-order chi connectivity index (χ0) is 14.1. The molecule has 2 aliphatic heterocycles. The first-order valence-electron chi connectivity index (χ1n) is 7.05. The van der Waals surface area contributed by atoms with Gasteiger partial charge in [-0.15, -0.1) is 0 Å². The Balaban J connectivity index is 1.87. The van der Waals surface area contributed by atoms with Crippen molar-refractivity contribution >= 4 is 15.7 Å². The first-order valence-corrected chi connectivity index (χ1v) is 8.87. The van der Waals surface area contributed by atoms with Gasteiger partial charge in [0.2, 0.25) is 5.91 Å². The molecule has 0 saturated carbocycles. The number of rotatable bonds is 3. The molecule has 2 saturated heterocycles. The van der Waals surface area contributed by atoms with Gasteiger partial charge in [-0.1, -0.05) is 6.42 Å². The Morgan fingerprint density at radius 3 is 2.74 bits per heavy atom. The van der Waals surface area contributed by atoms with Crippen molar-refractivity contribution in [3.8, 4) is 0 Å². The van der Waals surface area contributed by atoms with Crippen LogP contribution in [0, 0.1) is 0 Å². The molecule has 2 aliphatic rings. The Hall–Kier alpha value is -0.620. The van der Waals surface area contributed by atoms with E-state index in [4.69, 9.17) is 0 Å². The highest BCUT2D eigenvalue weighted by Crippen LogP contribution is 2.23. The van der Waals surface area contributed by atoms with Gasteiger partial charge in [-0.3, -0.25) is 9.69 Å². The largest absolute Gasteiger partial charge is 0.349 e. The van der Waals surface area contributed by atoms with E-state index in [1.807, 2.05) is 6.92 Å². The quantitative estimate of drug-likeness (QED) is 0.824. The number of carbonyl (C=O) groups is 1. The highest BCUT2D eigenvalue weighted by atomic mass is 32.2. The van der Waals surface area contributed by atoms with Crippen LogP contribution >= 0.6 is 0 Å². The molecule has 0 aliphatic carbocycles. The summed E-state index contributed by atoms with van der Waals surface area (Å²) in [4.78, 5) is 14.3. The SMILES string of the molecule is C[C@H]1CCCCN1CC(=O)N[C@]1(C)CCS(=O)(=O)C1. The van der Waals surface area contributed by atoms with Gasteiger partial charge in [-0.05, 0) is 39.7 Å². The van der Waals surface area contributed by atoms with Crippen molar-refractivity contribution in [2.45, 2.75) is 51.1 Å². The molecule has 0 bridgehead atoms. The average Bonchev–Trinajstić information content (AvgIpc) is 2.56. The first kappa shape index (κ1) is 14.8. The second-order valence-electron chi connectivity index (χ2n) is 6.27. The van der Waals surface area contributed by atoms with Gasteiger partial charge in [0.1, 0.15) is 0 Å². The highest BCUT2D eigenvalue weighted by molar-refractivity contribution is 7.91. The molecule has 0 aromatic heterocycles. The minimum Gasteiger partial charge on any atom is -0.349 e. The standard InChI is InChI=1S/C13H24N2O3S/c1-11-5-3-4-7-15(11)9-12(16)14-13(2)6-8-19(17,18)10-13/h11H,3-10H2,1-2H3,(H,14,16)/t11-,13+/m0/s1. The number of carbonyl (C=O) groups excluding carboxylic acids is 1. The lowest BCUT2D eigenvalue weighted by atomic mass is 10.0. The number of sulfone groups is 1. The lowest BCUT2D eigenvalue weighted by Gasteiger charge is -2.34. The molecule has 0 aromatic rings. The van der Waals surface area contributed by atoms with Crippen molar-refractivity contribution < 1.29 is 13.2 Å². The average molecular weight is 288 g/mol. The second kappa shape index (κ2) is 5.40. The fraction of sp³-hybridized carbons (Fsp3) is 0.923. The summed E-state index contributed by atoms with van der Waals surface area (Å²) in [6.07, 6.45) is 4.04. The van der Waals surface area contributed by atoms with Crippen LogP contribution in [-0.4, -0.2) is 55.4 Å². The fourth-order valence-electron chi connectivity index (χ4n) is 3.06. The molecular formula is C13H24N2O3S. The van der Waals surface area contributed by atoms with Crippen molar-refractivity contribution in [2.75, 3.05) is 24.6 Å². The lowest BCUT2D eigenvalue weighted by molar-refractivity contribution is -0.124.